The molecule has 1 aliphatic rings. The van der Waals surface area contributed by atoms with Gasteiger partial charge in [-0.05, 0) is 52.8 Å². The van der Waals surface area contributed by atoms with Gasteiger partial charge >= 0.3 is 12.1 Å². The van der Waals surface area contributed by atoms with E-state index in [0.29, 0.717) is 6.54 Å². The number of thiazole rings is 1. The summed E-state index contributed by atoms with van der Waals surface area (Å²) < 4.78 is 33.8. The lowest BCUT2D eigenvalue weighted by Gasteiger charge is -2.25. The van der Waals surface area contributed by atoms with Gasteiger partial charge in [0.25, 0.3) is 0 Å². The molecule has 1 saturated heterocycles. The van der Waals surface area contributed by atoms with Gasteiger partial charge in [-0.25, -0.2) is 9.78 Å². The van der Waals surface area contributed by atoms with Crippen LogP contribution in [-0.2, 0) is 4.79 Å². The lowest BCUT2D eigenvalue weighted by atomic mass is 10.1. The van der Waals surface area contributed by atoms with Crippen molar-refractivity contribution in [2.24, 2.45) is 0 Å². The molecule has 0 aromatic carbocycles. The van der Waals surface area contributed by atoms with E-state index in [-0.39, 0.29) is 5.78 Å². The van der Waals surface area contributed by atoms with Crippen LogP contribution in [0.25, 0.3) is 5.13 Å². The zero-order valence-electron chi connectivity index (χ0n) is 16.5. The van der Waals surface area contributed by atoms with E-state index in [2.05, 4.69) is 14.5 Å². The first-order chi connectivity index (χ1) is 13.5. The van der Waals surface area contributed by atoms with Crippen molar-refractivity contribution in [1.29, 1.82) is 0 Å². The number of aliphatic carboxylic acids is 1. The number of hydrogen-bond acceptors (Lipinski definition) is 5. The Bertz CT molecular complexity index is 868. The number of likely N-dealkylation sites (tertiary alicyclic amines) is 1. The molecule has 0 atom stereocenters. The fraction of sp³-hybridized carbons (Fsp3) is 0.526. The predicted octanol–water partition coefficient (Wildman–Crippen LogP) is 4.16. The third kappa shape index (κ3) is 6.14. The first-order valence-electron chi connectivity index (χ1n) is 9.17. The number of aromatic nitrogens is 2. The van der Waals surface area contributed by atoms with E-state index in [1.807, 2.05) is 32.2 Å². The summed E-state index contributed by atoms with van der Waals surface area (Å²) in [6, 6.07) is 2.01. The molecule has 0 bridgehead atoms. The molecule has 3 rings (SSSR count). The van der Waals surface area contributed by atoms with Crippen LogP contribution in [0.5, 0.6) is 0 Å². The molecule has 1 aliphatic heterocycles. The highest BCUT2D eigenvalue weighted by molar-refractivity contribution is 7.12. The lowest BCUT2D eigenvalue weighted by Crippen LogP contribution is -2.34. The molecule has 10 heteroatoms. The maximum atomic E-state index is 12.7. The average Bonchev–Trinajstić information content (AvgIpc) is 3.18. The molecule has 1 N–H and O–H groups in total. The van der Waals surface area contributed by atoms with Gasteiger partial charge in [0, 0.05) is 22.3 Å². The fourth-order valence-corrected chi connectivity index (χ4v) is 4.10. The van der Waals surface area contributed by atoms with Crippen LogP contribution < -0.4 is 0 Å². The molecule has 0 amide bonds. The summed E-state index contributed by atoms with van der Waals surface area (Å²) in [5.41, 5.74) is 3.95. The van der Waals surface area contributed by atoms with Gasteiger partial charge < -0.3 is 5.11 Å². The van der Waals surface area contributed by atoms with Crippen molar-refractivity contribution >= 4 is 23.1 Å². The van der Waals surface area contributed by atoms with Gasteiger partial charge in [0.2, 0.25) is 0 Å². The molecule has 6 nitrogen and oxygen atoms in total. The third-order valence-corrected chi connectivity index (χ3v) is 5.53. The number of carbonyl (C=O) groups is 2. The number of piperidine rings is 1. The number of hydrogen-bond donors (Lipinski definition) is 1. The molecule has 0 saturated carbocycles. The Labute approximate surface area is 171 Å². The van der Waals surface area contributed by atoms with Crippen molar-refractivity contribution in [3.8, 4) is 5.13 Å². The number of rotatable bonds is 4. The van der Waals surface area contributed by atoms with Crippen molar-refractivity contribution < 1.29 is 27.9 Å². The van der Waals surface area contributed by atoms with Crippen LogP contribution in [0.4, 0.5) is 13.2 Å². The summed E-state index contributed by atoms with van der Waals surface area (Å²) in [5, 5.41) is 10.1. The van der Waals surface area contributed by atoms with Crippen LogP contribution in [0, 0.1) is 20.8 Å². The maximum Gasteiger partial charge on any atom is 0.490 e. The molecule has 0 unspecified atom stereocenters. The van der Waals surface area contributed by atoms with Crippen molar-refractivity contribution in [1.82, 2.24) is 14.5 Å². The Kier molecular flexibility index (Phi) is 7.59. The normalized spacial score (nSPS) is 15.0. The summed E-state index contributed by atoms with van der Waals surface area (Å²) in [7, 11) is 0. The Balaban J connectivity index is 0.000000370. The first-order valence-corrected chi connectivity index (χ1v) is 10.1. The molecule has 160 valence electrons. The first kappa shape index (κ1) is 23.1. The smallest absolute Gasteiger partial charge is 0.475 e. The second-order valence-corrected chi connectivity index (χ2v) is 7.79. The zero-order valence-corrected chi connectivity index (χ0v) is 17.4. The van der Waals surface area contributed by atoms with Gasteiger partial charge in [-0.2, -0.15) is 13.2 Å². The van der Waals surface area contributed by atoms with Gasteiger partial charge in [-0.3, -0.25) is 14.3 Å². The Morgan fingerprint density at radius 3 is 2.24 bits per heavy atom. The number of carboxylic acid groups (broad SMARTS) is 1. The molecule has 0 aliphatic carbocycles. The SMILES string of the molecule is Cc1csc(-n2c(C)cc(C(=O)CN3CCCCC3)c2C)n1.O=C(O)C(F)(F)F. The number of Topliss-reactive ketones (excluding diaryl/α,β-unsaturated/α-hetero) is 1. The molecular weight excluding hydrogens is 407 g/mol. The molecule has 2 aromatic rings. The van der Waals surface area contributed by atoms with Crippen LogP contribution >= 0.6 is 11.3 Å². The van der Waals surface area contributed by atoms with Crippen molar-refractivity contribution in [3.63, 3.8) is 0 Å². The van der Waals surface area contributed by atoms with Crippen LogP contribution in [-0.4, -0.2) is 57.1 Å². The van der Waals surface area contributed by atoms with Gasteiger partial charge in [0.1, 0.15) is 0 Å². The lowest BCUT2D eigenvalue weighted by molar-refractivity contribution is -0.192. The van der Waals surface area contributed by atoms with Gasteiger partial charge in [0.05, 0.1) is 12.2 Å². The molecule has 1 fully saturated rings. The highest BCUT2D eigenvalue weighted by Crippen LogP contribution is 2.24. The highest BCUT2D eigenvalue weighted by Gasteiger charge is 2.38. The van der Waals surface area contributed by atoms with E-state index in [1.54, 1.807) is 11.3 Å². The third-order valence-electron chi connectivity index (χ3n) is 4.59. The second kappa shape index (κ2) is 9.53. The van der Waals surface area contributed by atoms with E-state index in [0.717, 1.165) is 40.9 Å². The highest BCUT2D eigenvalue weighted by atomic mass is 32.1. The van der Waals surface area contributed by atoms with Crippen molar-refractivity contribution in [2.75, 3.05) is 19.6 Å². The minimum absolute atomic E-state index is 0.231. The van der Waals surface area contributed by atoms with E-state index in [1.165, 1.54) is 19.3 Å². The minimum atomic E-state index is -5.08. The number of halogens is 3. The largest absolute Gasteiger partial charge is 0.490 e. The Morgan fingerprint density at radius 2 is 1.76 bits per heavy atom. The Morgan fingerprint density at radius 1 is 1.17 bits per heavy atom. The van der Waals surface area contributed by atoms with Gasteiger partial charge in [-0.15, -0.1) is 11.3 Å². The maximum absolute atomic E-state index is 12.7. The van der Waals surface area contributed by atoms with Crippen LogP contribution in [0.1, 0.15) is 46.7 Å². The molecule has 2 aromatic heterocycles. The predicted molar refractivity (Wildman–Crippen MR) is 104 cm³/mol. The molecule has 3 heterocycles. The van der Waals surface area contributed by atoms with Crippen LogP contribution in [0.2, 0.25) is 0 Å². The van der Waals surface area contributed by atoms with E-state index in [9.17, 15) is 18.0 Å². The minimum Gasteiger partial charge on any atom is -0.475 e. The van der Waals surface area contributed by atoms with Crippen molar-refractivity contribution in [2.45, 2.75) is 46.2 Å². The summed E-state index contributed by atoms with van der Waals surface area (Å²) in [5.74, 6) is -2.53. The summed E-state index contributed by atoms with van der Waals surface area (Å²) in [4.78, 5) is 28.4. The standard InChI is InChI=1S/C17H23N3OS.C2HF3O2/c1-12-11-22-17(18-12)20-13(2)9-15(14(20)3)16(21)10-19-7-5-4-6-8-19;3-2(4,5)1(6)7/h9,11H,4-8,10H2,1-3H3;(H,6,7). The van der Waals surface area contributed by atoms with E-state index in [4.69, 9.17) is 9.90 Å². The summed E-state index contributed by atoms with van der Waals surface area (Å²) in [6.45, 7) is 8.71. The molecule has 0 spiro atoms. The monoisotopic (exact) mass is 431 g/mol. The second-order valence-electron chi connectivity index (χ2n) is 6.95. The van der Waals surface area contributed by atoms with E-state index >= 15 is 0 Å². The number of carbonyl (C=O) groups excluding carboxylic acids is 1. The Hall–Kier alpha value is -2.20. The number of ketones is 1. The molecular formula is C19H24F3N3O3S. The summed E-state index contributed by atoms with van der Waals surface area (Å²) in [6.07, 6.45) is -1.36. The van der Waals surface area contributed by atoms with E-state index < -0.39 is 12.1 Å². The van der Waals surface area contributed by atoms with Crippen LogP contribution in [0.15, 0.2) is 11.4 Å². The quantitative estimate of drug-likeness (QED) is 0.736. The number of carboxylic acids is 1. The molecule has 29 heavy (non-hydrogen) atoms. The fourth-order valence-electron chi connectivity index (χ4n) is 3.19. The molecule has 0 radical (unpaired) electrons. The summed E-state index contributed by atoms with van der Waals surface area (Å²) >= 11 is 1.62. The van der Waals surface area contributed by atoms with Crippen molar-refractivity contribution in [3.05, 3.63) is 34.1 Å². The number of nitrogens with zero attached hydrogens (tertiary/aromatic N) is 3. The number of alkyl halides is 3. The van der Waals surface area contributed by atoms with Crippen LogP contribution in [0.3, 0.4) is 0 Å². The van der Waals surface area contributed by atoms with Gasteiger partial charge in [0.15, 0.2) is 10.9 Å². The average molecular weight is 431 g/mol. The topological polar surface area (TPSA) is 75.4 Å². The number of aryl methyl sites for hydroxylation is 2. The van der Waals surface area contributed by atoms with Gasteiger partial charge in [-0.1, -0.05) is 6.42 Å². The zero-order chi connectivity index (χ0) is 21.8.